The number of hydrogen-bond donors (Lipinski definition) is 0. The molecule has 22 heavy (non-hydrogen) atoms. The van der Waals surface area contributed by atoms with E-state index >= 15 is 0 Å². The summed E-state index contributed by atoms with van der Waals surface area (Å²) in [6.45, 7) is 2.20. The summed E-state index contributed by atoms with van der Waals surface area (Å²) < 4.78 is 1.49. The molecule has 0 aromatic heterocycles. The summed E-state index contributed by atoms with van der Waals surface area (Å²) in [5.74, 6) is 0. The molecule has 0 atom stereocenters. The fraction of sp³-hybridized carbons (Fsp3) is 0.0526. The summed E-state index contributed by atoms with van der Waals surface area (Å²) in [7, 11) is 5.97. The molecule has 0 amide bonds. The molecule has 0 radical (unpaired) electrons. The quantitative estimate of drug-likeness (QED) is 0.371. The fourth-order valence-electron chi connectivity index (χ4n) is 2.65. The summed E-state index contributed by atoms with van der Waals surface area (Å²) in [5, 5.41) is 4.26. The molecule has 0 aliphatic carbocycles. The number of halogens is 1. The third-order valence-electron chi connectivity index (χ3n) is 3.79. The Labute approximate surface area is 149 Å². The van der Waals surface area contributed by atoms with E-state index in [1.165, 1.54) is 24.5 Å². The van der Waals surface area contributed by atoms with Crippen LogP contribution in [0.15, 0.2) is 78.9 Å². The SMILES string of the molecule is Cc1cccc(P(c2ccccc2)c2ccccc2)[c]1[Hg][Cl]. The molecule has 3 aromatic rings. The minimum atomic E-state index is -1.50. The molecule has 106 valence electrons. The van der Waals surface area contributed by atoms with Gasteiger partial charge < -0.3 is 0 Å². The molecule has 0 spiro atoms. The van der Waals surface area contributed by atoms with Gasteiger partial charge in [-0.3, -0.25) is 0 Å². The van der Waals surface area contributed by atoms with Crippen LogP contribution in [0.4, 0.5) is 0 Å². The molecular formula is C19H16ClHgP. The summed E-state index contributed by atoms with van der Waals surface area (Å²) in [4.78, 5) is 0. The molecule has 0 heterocycles. The van der Waals surface area contributed by atoms with Gasteiger partial charge in [0.15, 0.2) is 0 Å². The average Bonchev–Trinajstić information content (AvgIpc) is 2.57. The summed E-state index contributed by atoms with van der Waals surface area (Å²) >= 11 is -1.50. The molecule has 3 heteroatoms. The molecule has 0 aliphatic heterocycles. The van der Waals surface area contributed by atoms with Crippen molar-refractivity contribution in [1.82, 2.24) is 0 Å². The number of benzene rings is 3. The zero-order valence-electron chi connectivity index (χ0n) is 12.5. The van der Waals surface area contributed by atoms with Gasteiger partial charge in [-0.25, -0.2) is 0 Å². The Morgan fingerprint density at radius 2 is 1.27 bits per heavy atom. The van der Waals surface area contributed by atoms with Crippen LogP contribution in [0.1, 0.15) is 5.56 Å². The van der Waals surface area contributed by atoms with E-state index in [0.717, 1.165) is 0 Å². The topological polar surface area (TPSA) is 0 Å². The molecule has 0 saturated carbocycles. The van der Waals surface area contributed by atoms with Crippen molar-refractivity contribution < 1.29 is 23.3 Å². The van der Waals surface area contributed by atoms with Crippen LogP contribution in [0.5, 0.6) is 0 Å². The molecule has 3 rings (SSSR count). The monoisotopic (exact) mass is 512 g/mol. The van der Waals surface area contributed by atoms with Crippen LogP contribution in [0, 0.1) is 6.92 Å². The predicted octanol–water partition coefficient (Wildman–Crippen LogP) is 3.61. The number of rotatable bonds is 4. The molecule has 3 aromatic carbocycles. The Hall–Kier alpha value is -0.685. The van der Waals surface area contributed by atoms with E-state index in [1.807, 2.05) is 0 Å². The molecule has 0 nitrogen and oxygen atoms in total. The van der Waals surface area contributed by atoms with Crippen LogP contribution in [0.3, 0.4) is 0 Å². The van der Waals surface area contributed by atoms with Crippen LogP contribution >= 0.6 is 16.2 Å². The van der Waals surface area contributed by atoms with Gasteiger partial charge in [0.2, 0.25) is 0 Å². The second-order valence-corrected chi connectivity index (χ2v) is 13.5. The van der Waals surface area contributed by atoms with Crippen molar-refractivity contribution in [2.45, 2.75) is 6.92 Å². The van der Waals surface area contributed by atoms with Gasteiger partial charge in [0.25, 0.3) is 0 Å². The van der Waals surface area contributed by atoms with Crippen LogP contribution in [-0.4, -0.2) is 0 Å². The van der Waals surface area contributed by atoms with Crippen molar-refractivity contribution >= 4 is 35.2 Å². The normalized spacial score (nSPS) is 10.5. The summed E-state index contributed by atoms with van der Waals surface area (Å²) in [5.41, 5.74) is 1.37. The van der Waals surface area contributed by atoms with Gasteiger partial charge >= 0.3 is 150 Å². The number of hydrogen-bond acceptors (Lipinski definition) is 0. The van der Waals surface area contributed by atoms with E-state index in [9.17, 15) is 0 Å². The van der Waals surface area contributed by atoms with Crippen molar-refractivity contribution in [3.8, 4) is 0 Å². The van der Waals surface area contributed by atoms with Gasteiger partial charge in [-0.1, -0.05) is 0 Å². The van der Waals surface area contributed by atoms with Crippen LogP contribution < -0.4 is 19.0 Å². The van der Waals surface area contributed by atoms with Crippen LogP contribution in [-0.2, 0) is 23.3 Å². The molecule has 0 saturated heterocycles. The van der Waals surface area contributed by atoms with Gasteiger partial charge in [-0.2, -0.15) is 0 Å². The Bertz CT molecular complexity index is 704. The Balaban J connectivity index is 2.21. The van der Waals surface area contributed by atoms with Crippen molar-refractivity contribution in [2.75, 3.05) is 0 Å². The second-order valence-electron chi connectivity index (χ2n) is 5.21. The Morgan fingerprint density at radius 1 is 0.727 bits per heavy atom. The Morgan fingerprint density at radius 3 is 1.77 bits per heavy atom. The van der Waals surface area contributed by atoms with Gasteiger partial charge in [0, 0.05) is 0 Å². The third kappa shape index (κ3) is 3.45. The van der Waals surface area contributed by atoms with Crippen molar-refractivity contribution in [3.63, 3.8) is 0 Å². The molecule has 0 fully saturated rings. The zero-order valence-corrected chi connectivity index (χ0v) is 19.7. The van der Waals surface area contributed by atoms with Gasteiger partial charge in [-0.15, -0.1) is 0 Å². The first-order chi connectivity index (χ1) is 10.8. The van der Waals surface area contributed by atoms with E-state index in [0.29, 0.717) is 0 Å². The third-order valence-corrected chi connectivity index (χ3v) is 14.5. The average molecular weight is 511 g/mol. The van der Waals surface area contributed by atoms with E-state index < -0.39 is 31.3 Å². The summed E-state index contributed by atoms with van der Waals surface area (Å²) in [6, 6.07) is 28.3. The van der Waals surface area contributed by atoms with E-state index in [4.69, 9.17) is 8.25 Å². The molecule has 0 aliphatic rings. The van der Waals surface area contributed by atoms with Crippen molar-refractivity contribution in [2.24, 2.45) is 0 Å². The first-order valence-corrected chi connectivity index (χ1v) is 18.2. The number of aryl methyl sites for hydroxylation is 1. The fourth-order valence-corrected chi connectivity index (χ4v) is 13.9. The van der Waals surface area contributed by atoms with Gasteiger partial charge in [0.1, 0.15) is 0 Å². The van der Waals surface area contributed by atoms with E-state index in [2.05, 4.69) is 85.8 Å². The molecule has 0 N–H and O–H groups in total. The van der Waals surface area contributed by atoms with Gasteiger partial charge in [0.05, 0.1) is 0 Å². The molecule has 0 unspecified atom stereocenters. The van der Waals surface area contributed by atoms with E-state index in [-0.39, 0.29) is 0 Å². The first-order valence-electron chi connectivity index (χ1n) is 7.36. The van der Waals surface area contributed by atoms with Crippen molar-refractivity contribution in [3.05, 3.63) is 84.4 Å². The maximum atomic E-state index is 6.49. The maximum absolute atomic E-state index is 6.49. The predicted molar refractivity (Wildman–Crippen MR) is 95.4 cm³/mol. The molecule has 0 bridgehead atoms. The zero-order chi connectivity index (χ0) is 15.4. The minimum absolute atomic E-state index is 0.518. The van der Waals surface area contributed by atoms with Crippen LogP contribution in [0.25, 0.3) is 0 Å². The van der Waals surface area contributed by atoms with Crippen molar-refractivity contribution in [1.29, 1.82) is 0 Å². The standard InChI is InChI=1S/C19H16P.ClH.Hg/c1-16-9-8-14-19(15-16)20(17-10-4-2-5-11-17)18-12-6-3-7-13-18;;/h2-14H,1H3;1H;/q;;+1/p-1. The van der Waals surface area contributed by atoms with Crippen LogP contribution in [0.2, 0.25) is 0 Å². The first kappa shape index (κ1) is 16.2. The molecular weight excluding hydrogens is 495 g/mol. The summed E-state index contributed by atoms with van der Waals surface area (Å²) in [6.07, 6.45) is 0. The van der Waals surface area contributed by atoms with Gasteiger partial charge in [-0.05, 0) is 0 Å². The second kappa shape index (κ2) is 7.73. The Kier molecular flexibility index (Phi) is 5.69. The van der Waals surface area contributed by atoms with E-state index in [1.54, 1.807) is 0 Å².